The van der Waals surface area contributed by atoms with Gasteiger partial charge in [0.05, 0.1) is 52.8 Å². The minimum absolute atomic E-state index is 0.0354. The number of ketones is 2. The summed E-state index contributed by atoms with van der Waals surface area (Å²) in [5, 5.41) is 55.9. The molecule has 14 nitrogen and oxygen atoms in total. The Morgan fingerprint density at radius 2 is 1.48 bits per heavy atom. The number of likely N-dealkylation sites (N-methyl/N-ethyl adjacent to an activating group) is 1. The summed E-state index contributed by atoms with van der Waals surface area (Å²) in [6.07, 6.45) is -1.92. The largest absolute Gasteiger partial charge is 0.507 e. The van der Waals surface area contributed by atoms with Crippen LogP contribution >= 0.6 is 0 Å². The molecule has 0 amide bonds. The van der Waals surface area contributed by atoms with E-state index in [9.17, 15) is 35.1 Å². The average molecular weight is 756 g/mol. The molecule has 3 fully saturated rings. The van der Waals surface area contributed by atoms with Gasteiger partial charge in [-0.05, 0) is 73.0 Å². The van der Waals surface area contributed by atoms with Gasteiger partial charge >= 0.3 is 0 Å². The molecule has 3 saturated heterocycles. The predicted octanol–water partition coefficient (Wildman–Crippen LogP) is 3.97. The summed E-state index contributed by atoms with van der Waals surface area (Å²) >= 11 is 0. The topological polar surface area (TPSA) is 194 Å². The van der Waals surface area contributed by atoms with Gasteiger partial charge in [-0.3, -0.25) is 9.59 Å². The number of aromatic hydroxyl groups is 3. The van der Waals surface area contributed by atoms with Gasteiger partial charge in [0.25, 0.3) is 0 Å². The fourth-order valence-corrected chi connectivity index (χ4v) is 8.88. The maximum atomic E-state index is 13.8. The van der Waals surface area contributed by atoms with Crippen LogP contribution < -0.4 is 0 Å². The third kappa shape index (κ3) is 6.83. The van der Waals surface area contributed by atoms with Crippen molar-refractivity contribution in [2.75, 3.05) is 14.1 Å². The van der Waals surface area contributed by atoms with Gasteiger partial charge in [0.2, 0.25) is 5.78 Å². The lowest BCUT2D eigenvalue weighted by molar-refractivity contribution is -0.319. The number of hydrogen-bond donors (Lipinski definition) is 5. The zero-order valence-corrected chi connectivity index (χ0v) is 31.7. The van der Waals surface area contributed by atoms with E-state index in [1.165, 1.54) is 18.2 Å². The standard InChI is InChI=1S/C40H53NO13/c1-7-40(48)16-15-22-31(37(47)33-32(35(22)45)36(46)30-21(34(33)44)9-8-10-25(30)43)39(40)54-29-17-23(41(5)6)38(20(4)51-29)53-28-14-12-26(19(3)50-28)52-27-13-11-24(42)18(2)49-27/h8-10,18-20,23-24,26-29,38-39,42-43,45,47-48H,7,11-17H2,1-6H3/t18-,19-,20-,23-,24-,26-,27-,28-,29-,38+,39+,40+/m0/s1. The molecular formula is C40H53NO13. The van der Waals surface area contributed by atoms with Crippen molar-refractivity contribution in [3.63, 3.8) is 0 Å². The van der Waals surface area contributed by atoms with Crippen LogP contribution in [0.15, 0.2) is 18.2 Å². The molecule has 0 spiro atoms. The molecule has 14 heteroatoms. The van der Waals surface area contributed by atoms with Crippen molar-refractivity contribution in [2.45, 2.75) is 152 Å². The summed E-state index contributed by atoms with van der Waals surface area (Å²) in [5.74, 6) is -2.95. The first kappa shape index (κ1) is 39.1. The van der Waals surface area contributed by atoms with Gasteiger partial charge in [0.1, 0.15) is 29.5 Å². The summed E-state index contributed by atoms with van der Waals surface area (Å²) in [7, 11) is 3.86. The van der Waals surface area contributed by atoms with Crippen molar-refractivity contribution in [1.82, 2.24) is 4.90 Å². The van der Waals surface area contributed by atoms with Crippen molar-refractivity contribution < 1.29 is 63.5 Å². The van der Waals surface area contributed by atoms with Crippen LogP contribution in [0.25, 0.3) is 0 Å². The van der Waals surface area contributed by atoms with E-state index in [0.29, 0.717) is 32.1 Å². The number of carbonyl (C=O) groups excluding carboxylic acids is 2. The van der Waals surface area contributed by atoms with Crippen molar-refractivity contribution >= 4 is 11.6 Å². The molecule has 2 aromatic rings. The van der Waals surface area contributed by atoms with Crippen LogP contribution in [0.4, 0.5) is 0 Å². The summed E-state index contributed by atoms with van der Waals surface area (Å²) in [6, 6.07) is 3.87. The molecule has 54 heavy (non-hydrogen) atoms. The number of phenolic OH excluding ortho intramolecular Hbond substituents is 3. The highest BCUT2D eigenvalue weighted by Gasteiger charge is 2.51. The molecule has 3 heterocycles. The Balaban J connectivity index is 1.09. The van der Waals surface area contributed by atoms with Crippen LogP contribution in [0.5, 0.6) is 17.2 Å². The molecule has 7 rings (SSSR count). The Labute approximate surface area is 314 Å². The SMILES string of the molecule is CC[C@@]1(O)CCc2c(O)c3c(c(O)c2[C@H]1O[C@H]1C[C@H](N(C)C)[C@H](O[C@H]2CC[C@H](O[C@H]4CC[C@H](O)[C@H](C)O4)[C@H](C)O2)[C@H](C)O1)C(=O)c1cccc(O)c1C3=O. The zero-order valence-electron chi connectivity index (χ0n) is 31.7. The van der Waals surface area contributed by atoms with Crippen LogP contribution in [0.1, 0.15) is 122 Å². The molecule has 12 atom stereocenters. The fourth-order valence-electron chi connectivity index (χ4n) is 8.88. The molecule has 296 valence electrons. The molecule has 3 aliphatic heterocycles. The molecule has 2 aromatic carbocycles. The maximum absolute atomic E-state index is 13.8. The monoisotopic (exact) mass is 755 g/mol. The third-order valence-electron chi connectivity index (χ3n) is 12.1. The minimum Gasteiger partial charge on any atom is -0.507 e. The molecule has 0 aromatic heterocycles. The first-order valence-electron chi connectivity index (χ1n) is 19.1. The Morgan fingerprint density at radius 3 is 2.17 bits per heavy atom. The van der Waals surface area contributed by atoms with Crippen molar-refractivity contribution in [3.05, 3.63) is 51.6 Å². The van der Waals surface area contributed by atoms with Gasteiger partial charge < -0.3 is 58.9 Å². The summed E-state index contributed by atoms with van der Waals surface area (Å²) in [5.41, 5.74) is -2.39. The minimum atomic E-state index is -1.51. The Kier molecular flexibility index (Phi) is 10.9. The molecule has 0 saturated carbocycles. The van der Waals surface area contributed by atoms with E-state index in [0.717, 1.165) is 0 Å². The van der Waals surface area contributed by atoms with E-state index >= 15 is 0 Å². The first-order valence-corrected chi connectivity index (χ1v) is 19.1. The van der Waals surface area contributed by atoms with Gasteiger partial charge in [-0.2, -0.15) is 0 Å². The van der Waals surface area contributed by atoms with Gasteiger partial charge in [-0.15, -0.1) is 0 Å². The summed E-state index contributed by atoms with van der Waals surface area (Å²) in [4.78, 5) is 29.4. The lowest BCUT2D eigenvalue weighted by Crippen LogP contribution is -2.57. The number of rotatable bonds is 8. The van der Waals surface area contributed by atoms with Crippen molar-refractivity contribution in [1.29, 1.82) is 0 Å². The van der Waals surface area contributed by atoms with E-state index in [2.05, 4.69) is 0 Å². The smallest absolute Gasteiger partial charge is 0.202 e. The highest BCUT2D eigenvalue weighted by atomic mass is 16.7. The number of aliphatic hydroxyl groups is 2. The Morgan fingerprint density at radius 1 is 0.815 bits per heavy atom. The molecule has 2 aliphatic carbocycles. The number of benzene rings is 2. The second kappa shape index (κ2) is 15.1. The van der Waals surface area contributed by atoms with Crippen LogP contribution in [-0.4, -0.2) is 123 Å². The highest BCUT2D eigenvalue weighted by molar-refractivity contribution is 6.31. The van der Waals surface area contributed by atoms with Crippen molar-refractivity contribution in [2.24, 2.45) is 0 Å². The van der Waals surface area contributed by atoms with Gasteiger partial charge in [0, 0.05) is 42.0 Å². The van der Waals surface area contributed by atoms with Crippen molar-refractivity contribution in [3.8, 4) is 17.2 Å². The van der Waals surface area contributed by atoms with E-state index in [1.54, 1.807) is 6.92 Å². The van der Waals surface area contributed by atoms with Crippen LogP contribution in [0.2, 0.25) is 0 Å². The van der Waals surface area contributed by atoms with Gasteiger partial charge in [0.15, 0.2) is 24.7 Å². The van der Waals surface area contributed by atoms with Gasteiger partial charge in [-0.1, -0.05) is 19.1 Å². The normalized spacial score (nSPS) is 36.8. The number of carbonyl (C=O) groups is 2. The summed E-state index contributed by atoms with van der Waals surface area (Å²) < 4.78 is 38.0. The van der Waals surface area contributed by atoms with E-state index in [1.807, 2.05) is 39.8 Å². The van der Waals surface area contributed by atoms with E-state index in [-0.39, 0.29) is 71.4 Å². The second-order valence-electron chi connectivity index (χ2n) is 15.7. The predicted molar refractivity (Wildman–Crippen MR) is 191 cm³/mol. The Hall–Kier alpha value is -3.18. The lowest BCUT2D eigenvalue weighted by atomic mass is 9.71. The average Bonchev–Trinajstić information content (AvgIpc) is 3.13. The zero-order chi connectivity index (χ0) is 38.8. The third-order valence-corrected chi connectivity index (χ3v) is 12.1. The quantitative estimate of drug-likeness (QED) is 0.207. The molecule has 5 N–H and O–H groups in total. The lowest BCUT2D eigenvalue weighted by Gasteiger charge is -2.48. The number of hydrogen-bond acceptors (Lipinski definition) is 14. The first-order chi connectivity index (χ1) is 25.6. The molecule has 0 radical (unpaired) electrons. The number of fused-ring (bicyclic) bond motifs is 3. The molecule has 5 aliphatic rings. The van der Waals surface area contributed by atoms with E-state index in [4.69, 9.17) is 28.4 Å². The number of nitrogens with zero attached hydrogens (tertiary/aromatic N) is 1. The fraction of sp³-hybridized carbons (Fsp3) is 0.650. The second-order valence-corrected chi connectivity index (χ2v) is 15.7. The molecule has 0 unspecified atom stereocenters. The maximum Gasteiger partial charge on any atom is 0.202 e. The molecular weight excluding hydrogens is 702 g/mol. The Bertz CT molecular complexity index is 1770. The van der Waals surface area contributed by atoms with Crippen LogP contribution in [0, 0.1) is 0 Å². The number of phenols is 3. The number of aliphatic hydroxyl groups excluding tert-OH is 1. The van der Waals surface area contributed by atoms with Crippen LogP contribution in [-0.2, 0) is 34.8 Å². The van der Waals surface area contributed by atoms with Crippen LogP contribution in [0.3, 0.4) is 0 Å². The highest BCUT2D eigenvalue weighted by Crippen LogP contribution is 2.54. The number of ether oxygens (including phenoxy) is 6. The summed E-state index contributed by atoms with van der Waals surface area (Å²) in [6.45, 7) is 7.45. The van der Waals surface area contributed by atoms with E-state index < -0.39 is 83.3 Å². The molecule has 0 bridgehead atoms. The van der Waals surface area contributed by atoms with Gasteiger partial charge in [-0.25, -0.2) is 0 Å².